The number of aliphatic carboxylic acids is 2. The van der Waals surface area contributed by atoms with E-state index in [2.05, 4.69) is 10.8 Å². The van der Waals surface area contributed by atoms with E-state index in [9.17, 15) is 33.0 Å². The number of carbonyl (C=O) groups excluding carboxylic acids is 1. The first-order valence-corrected chi connectivity index (χ1v) is 23.5. The Morgan fingerprint density at radius 1 is 0.528 bits per heavy atom. The molecule has 0 radical (unpaired) electrons. The van der Waals surface area contributed by atoms with Crippen LogP contribution in [-0.2, 0) is 29.1 Å². The van der Waals surface area contributed by atoms with Crippen molar-refractivity contribution in [3.63, 3.8) is 0 Å². The van der Waals surface area contributed by atoms with Gasteiger partial charge in [0.05, 0.1) is 34.9 Å². The largest absolute Gasteiger partial charge is 0.481 e. The summed E-state index contributed by atoms with van der Waals surface area (Å²) < 4.78 is 27.5. The van der Waals surface area contributed by atoms with Crippen LogP contribution in [0.5, 0.6) is 0 Å². The number of nitrogens with one attached hydrogen (secondary N) is 2. The molecule has 1 amide bonds. The smallest absolute Gasteiger partial charge is 0.307 e. The van der Waals surface area contributed by atoms with Crippen LogP contribution in [0.4, 0.5) is 0 Å². The van der Waals surface area contributed by atoms with E-state index < -0.39 is 38.9 Å². The fourth-order valence-electron chi connectivity index (χ4n) is 11.8. The van der Waals surface area contributed by atoms with Crippen LogP contribution in [0.15, 0.2) is 0 Å². The lowest BCUT2D eigenvalue weighted by molar-refractivity contribution is -0.150. The number of sulfone groups is 1. The predicted molar refractivity (Wildman–Crippen MR) is 205 cm³/mol. The molecule has 0 aliphatic heterocycles. The molecule has 6 saturated carbocycles. The monoisotopic (exact) mass is 762 g/mol. The summed E-state index contributed by atoms with van der Waals surface area (Å²) in [5, 5.41) is 22.4. The van der Waals surface area contributed by atoms with Crippen molar-refractivity contribution in [3.8, 4) is 0 Å². The zero-order chi connectivity index (χ0) is 37.4. The third kappa shape index (κ3) is 11.2. The highest BCUT2D eigenvalue weighted by Crippen LogP contribution is 2.42. The minimum atomic E-state index is -3.31. The number of hydrogen-bond acceptors (Lipinski definition) is 7. The number of carboxylic acids is 2. The van der Waals surface area contributed by atoms with Gasteiger partial charge in [0, 0.05) is 12.1 Å². The Balaban J connectivity index is 0.880. The van der Waals surface area contributed by atoms with Gasteiger partial charge in [-0.2, -0.15) is 5.48 Å². The van der Waals surface area contributed by atoms with E-state index in [0.29, 0.717) is 88.6 Å². The van der Waals surface area contributed by atoms with Crippen LogP contribution in [0.3, 0.4) is 0 Å². The van der Waals surface area contributed by atoms with Crippen molar-refractivity contribution in [2.24, 2.45) is 47.3 Å². The molecule has 0 bridgehead atoms. The van der Waals surface area contributed by atoms with Crippen LogP contribution >= 0.6 is 0 Å². The Bertz CT molecular complexity index is 1300. The Labute approximate surface area is 319 Å². The van der Waals surface area contributed by atoms with E-state index in [1.807, 2.05) is 0 Å². The summed E-state index contributed by atoms with van der Waals surface area (Å²) in [5.41, 5.74) is 3.17. The van der Waals surface area contributed by atoms with Gasteiger partial charge >= 0.3 is 11.9 Å². The molecular weight excluding hydrogens is 693 g/mol. The van der Waals surface area contributed by atoms with Crippen LogP contribution in [0.2, 0.25) is 0 Å². The molecule has 0 heterocycles. The molecule has 0 aromatic heterocycles. The zero-order valence-corrected chi connectivity index (χ0v) is 33.1. The maximum absolute atomic E-state index is 13.7. The molecule has 6 aliphatic carbocycles. The number of rotatable bonds is 14. The molecule has 302 valence electrons. The van der Waals surface area contributed by atoms with E-state index in [0.717, 1.165) is 38.0 Å². The second-order valence-electron chi connectivity index (χ2n) is 18.6. The van der Waals surface area contributed by atoms with E-state index in [4.69, 9.17) is 4.84 Å². The fourth-order valence-corrected chi connectivity index (χ4v) is 14.2. The zero-order valence-electron chi connectivity index (χ0n) is 32.3. The fraction of sp³-hybridized carbons (Fsp3) is 0.929. The number of carboxylic acid groups (broad SMARTS) is 2. The Morgan fingerprint density at radius 2 is 1.02 bits per heavy atom. The minimum Gasteiger partial charge on any atom is -0.481 e. The van der Waals surface area contributed by atoms with Gasteiger partial charge in [0.15, 0.2) is 9.84 Å². The molecule has 6 fully saturated rings. The summed E-state index contributed by atoms with van der Waals surface area (Å²) in [7, 11) is -3.31. The van der Waals surface area contributed by atoms with Crippen molar-refractivity contribution in [2.45, 2.75) is 190 Å². The van der Waals surface area contributed by atoms with Gasteiger partial charge in [0.25, 0.3) is 0 Å². The van der Waals surface area contributed by atoms with Gasteiger partial charge in [0.1, 0.15) is 0 Å². The molecule has 6 unspecified atom stereocenters. The number of hydroxylamine groups is 1. The summed E-state index contributed by atoms with van der Waals surface area (Å²) in [5.74, 6) is -0.860. The molecule has 6 atom stereocenters. The van der Waals surface area contributed by atoms with Crippen LogP contribution < -0.4 is 10.8 Å². The third-order valence-electron chi connectivity index (χ3n) is 15.0. The van der Waals surface area contributed by atoms with Gasteiger partial charge in [-0.3, -0.25) is 14.4 Å². The molecule has 11 heteroatoms. The lowest BCUT2D eigenvalue weighted by Crippen LogP contribution is -2.48. The highest BCUT2D eigenvalue weighted by molar-refractivity contribution is 7.92. The number of carbonyl (C=O) groups is 3. The minimum absolute atomic E-state index is 0.00353. The second-order valence-corrected chi connectivity index (χ2v) is 21.1. The van der Waals surface area contributed by atoms with Crippen molar-refractivity contribution in [1.29, 1.82) is 0 Å². The number of amides is 1. The first-order valence-electron chi connectivity index (χ1n) is 21.9. The van der Waals surface area contributed by atoms with E-state index >= 15 is 0 Å². The van der Waals surface area contributed by atoms with Gasteiger partial charge in [-0.15, -0.1) is 0 Å². The summed E-state index contributed by atoms with van der Waals surface area (Å²) in [6, 6.07) is -0.0385. The lowest BCUT2D eigenvalue weighted by Gasteiger charge is -2.37. The topological polar surface area (TPSA) is 159 Å². The van der Waals surface area contributed by atoms with Crippen LogP contribution in [0.25, 0.3) is 0 Å². The third-order valence-corrected chi connectivity index (χ3v) is 17.8. The van der Waals surface area contributed by atoms with E-state index in [-0.39, 0.29) is 35.1 Å². The maximum Gasteiger partial charge on any atom is 0.307 e. The first-order chi connectivity index (χ1) is 25.6. The lowest BCUT2D eigenvalue weighted by atomic mass is 9.69. The van der Waals surface area contributed by atoms with Gasteiger partial charge in [0.2, 0.25) is 5.91 Å². The van der Waals surface area contributed by atoms with Crippen LogP contribution in [0.1, 0.15) is 167 Å². The summed E-state index contributed by atoms with van der Waals surface area (Å²) in [4.78, 5) is 43.8. The van der Waals surface area contributed by atoms with Crippen LogP contribution in [-0.4, -0.2) is 65.7 Å². The SMILES string of the molecule is O=C(O)C1CC(CC2CCCCC2)CCC1CONC1CCC(S(=O)(=O)C2CCC(NC(=O)C3CCC(CC4CCCCC4)CC3C(=O)O)CC2)CC1. The summed E-state index contributed by atoms with van der Waals surface area (Å²) in [6.45, 7) is 0.379. The normalized spacial score (nSPS) is 36.8. The second kappa shape index (κ2) is 19.4. The Morgan fingerprint density at radius 3 is 1.55 bits per heavy atom. The molecular formula is C42H70N2O8S. The molecule has 4 N–H and O–H groups in total. The Hall–Kier alpha value is -1.72. The van der Waals surface area contributed by atoms with Gasteiger partial charge in [-0.25, -0.2) is 8.42 Å². The van der Waals surface area contributed by atoms with Gasteiger partial charge in [-0.1, -0.05) is 70.6 Å². The molecule has 6 aliphatic rings. The van der Waals surface area contributed by atoms with Crippen molar-refractivity contribution < 1.29 is 37.9 Å². The predicted octanol–water partition coefficient (Wildman–Crippen LogP) is 7.84. The number of hydrogen-bond donors (Lipinski definition) is 4. The van der Waals surface area contributed by atoms with E-state index in [1.54, 1.807) is 0 Å². The highest BCUT2D eigenvalue weighted by atomic mass is 32.2. The molecule has 0 saturated heterocycles. The van der Waals surface area contributed by atoms with Gasteiger partial charge in [-0.05, 0) is 126 Å². The highest BCUT2D eigenvalue weighted by Gasteiger charge is 2.43. The maximum atomic E-state index is 13.7. The average molecular weight is 763 g/mol. The van der Waals surface area contributed by atoms with Crippen LogP contribution in [0, 0.1) is 47.3 Å². The molecule has 10 nitrogen and oxygen atoms in total. The van der Waals surface area contributed by atoms with Crippen molar-refractivity contribution in [3.05, 3.63) is 0 Å². The van der Waals surface area contributed by atoms with Gasteiger partial charge < -0.3 is 20.4 Å². The summed E-state index contributed by atoms with van der Waals surface area (Å²) in [6.07, 6.45) is 24.9. The standard InChI is InChI=1S/C42H70N2O8S/c45-40(37-22-12-31(26-39(37)42(48)49)24-29-9-5-2-6-10-29)43-33-14-18-35(19-15-33)53(50,51)36-20-16-34(17-21-36)44-52-27-32-13-11-30(25-38(32)41(46)47)23-28-7-3-1-4-8-28/h28-39,44H,1-27H2,(H,43,45)(H,46,47)(H,48,49). The molecule has 0 aromatic carbocycles. The molecule has 53 heavy (non-hydrogen) atoms. The van der Waals surface area contributed by atoms with E-state index in [1.165, 1.54) is 70.6 Å². The molecule has 6 rings (SSSR count). The Kier molecular flexibility index (Phi) is 15.0. The van der Waals surface area contributed by atoms with Crippen molar-refractivity contribution >= 4 is 27.7 Å². The average Bonchev–Trinajstić information content (AvgIpc) is 3.16. The van der Waals surface area contributed by atoms with Crippen molar-refractivity contribution in [2.75, 3.05) is 6.61 Å². The van der Waals surface area contributed by atoms with Crippen molar-refractivity contribution in [1.82, 2.24) is 10.8 Å². The first kappa shape index (κ1) is 40.9. The summed E-state index contributed by atoms with van der Waals surface area (Å²) >= 11 is 0. The molecule has 0 aromatic rings. The quantitative estimate of drug-likeness (QED) is 0.129. The molecule has 0 spiro atoms.